The van der Waals surface area contributed by atoms with Crippen LogP contribution in [0.2, 0.25) is 10.0 Å². The van der Waals surface area contributed by atoms with Gasteiger partial charge in [-0.2, -0.15) is 0 Å². The van der Waals surface area contributed by atoms with Crippen molar-refractivity contribution in [3.8, 4) is 0 Å². The van der Waals surface area contributed by atoms with Crippen LogP contribution >= 0.6 is 23.2 Å². The topological polar surface area (TPSA) is 29.1 Å². The fourth-order valence-corrected chi connectivity index (χ4v) is 7.20. The maximum Gasteiger partial charge on any atom is 0.123 e. The molecule has 1 aromatic rings. The summed E-state index contributed by atoms with van der Waals surface area (Å²) in [7, 11) is -1.09. The number of anilines is 1. The molecule has 0 saturated heterocycles. The highest BCUT2D eigenvalue weighted by Gasteiger charge is 2.54. The number of hydrogen-bond donors (Lipinski definition) is 1. The van der Waals surface area contributed by atoms with Crippen molar-refractivity contribution in [3.05, 3.63) is 28.2 Å². The van der Waals surface area contributed by atoms with E-state index in [0.29, 0.717) is 15.7 Å². The summed E-state index contributed by atoms with van der Waals surface area (Å²) in [6.07, 6.45) is 7.39. The minimum Gasteiger partial charge on any atom is -0.303 e. The van der Waals surface area contributed by atoms with Gasteiger partial charge >= 0.3 is 0 Å². The summed E-state index contributed by atoms with van der Waals surface area (Å²) in [6, 6.07) is 5.45. The van der Waals surface area contributed by atoms with Crippen LogP contribution in [0, 0.1) is 17.8 Å². The Labute approximate surface area is 138 Å². The zero-order valence-electron chi connectivity index (χ0n) is 11.8. The molecule has 4 bridgehead atoms. The first-order valence-electron chi connectivity index (χ1n) is 7.68. The highest BCUT2D eigenvalue weighted by Crippen LogP contribution is 2.58. The maximum absolute atomic E-state index is 13.0. The monoisotopic (exact) mass is 343 g/mol. The fraction of sp³-hybridized carbons (Fsp3) is 0.625. The first-order valence-corrected chi connectivity index (χ1v) is 9.59. The second-order valence-electron chi connectivity index (χ2n) is 7.07. The van der Waals surface area contributed by atoms with Gasteiger partial charge in [-0.05, 0) is 68.4 Å². The molecule has 1 aromatic carbocycles. The highest BCUT2D eigenvalue weighted by atomic mass is 35.5. The van der Waals surface area contributed by atoms with E-state index < -0.39 is 11.0 Å². The lowest BCUT2D eigenvalue weighted by molar-refractivity contribution is 0.0363. The molecule has 0 heterocycles. The molecule has 4 saturated carbocycles. The quantitative estimate of drug-likeness (QED) is 0.818. The first-order chi connectivity index (χ1) is 10.1. The summed E-state index contributed by atoms with van der Waals surface area (Å²) in [4.78, 5) is 0. The van der Waals surface area contributed by atoms with E-state index in [0.717, 1.165) is 37.0 Å². The maximum atomic E-state index is 13.0. The highest BCUT2D eigenvalue weighted by molar-refractivity contribution is 7.87. The standard InChI is InChI=1S/C16H19Cl2NOS/c17-13-2-1-3-14(15(13)18)19-21(20)16-7-10-4-11(8-16)6-12(5-10)9-16/h1-3,10-12,19H,4-9H2. The minimum absolute atomic E-state index is 0.0413. The van der Waals surface area contributed by atoms with E-state index in [4.69, 9.17) is 23.2 Å². The molecule has 21 heavy (non-hydrogen) atoms. The van der Waals surface area contributed by atoms with Crippen molar-refractivity contribution < 1.29 is 4.21 Å². The van der Waals surface area contributed by atoms with Gasteiger partial charge in [-0.3, -0.25) is 0 Å². The van der Waals surface area contributed by atoms with Gasteiger partial charge in [0.25, 0.3) is 0 Å². The van der Waals surface area contributed by atoms with Crippen LogP contribution in [0.15, 0.2) is 18.2 Å². The summed E-state index contributed by atoms with van der Waals surface area (Å²) < 4.78 is 16.2. The number of rotatable bonds is 3. The zero-order valence-corrected chi connectivity index (χ0v) is 14.1. The lowest BCUT2D eigenvalue weighted by Crippen LogP contribution is -2.54. The largest absolute Gasteiger partial charge is 0.303 e. The van der Waals surface area contributed by atoms with Crippen molar-refractivity contribution in [2.75, 3.05) is 4.72 Å². The predicted octanol–water partition coefficient (Wildman–Crippen LogP) is 5.04. The van der Waals surface area contributed by atoms with Crippen LogP contribution in [-0.4, -0.2) is 8.96 Å². The predicted molar refractivity (Wildman–Crippen MR) is 89.1 cm³/mol. The second kappa shape index (κ2) is 5.14. The lowest BCUT2D eigenvalue weighted by atomic mass is 9.56. The lowest BCUT2D eigenvalue weighted by Gasteiger charge is -2.55. The first kappa shape index (κ1) is 14.3. The van der Waals surface area contributed by atoms with Crippen molar-refractivity contribution in [2.45, 2.75) is 43.3 Å². The average molecular weight is 344 g/mol. The number of nitrogens with one attached hydrogen (secondary N) is 1. The van der Waals surface area contributed by atoms with Crippen LogP contribution in [0.5, 0.6) is 0 Å². The Bertz CT molecular complexity index is 569. The van der Waals surface area contributed by atoms with Crippen LogP contribution in [0.25, 0.3) is 0 Å². The third-order valence-corrected chi connectivity index (χ3v) is 8.04. The van der Waals surface area contributed by atoms with Crippen molar-refractivity contribution in [1.82, 2.24) is 0 Å². The van der Waals surface area contributed by atoms with E-state index in [1.807, 2.05) is 12.1 Å². The molecule has 1 unspecified atom stereocenters. The molecule has 5 rings (SSSR count). The van der Waals surface area contributed by atoms with E-state index in [9.17, 15) is 4.21 Å². The molecule has 5 heteroatoms. The van der Waals surface area contributed by atoms with Crippen molar-refractivity contribution in [2.24, 2.45) is 17.8 Å². The molecule has 0 aliphatic heterocycles. The van der Waals surface area contributed by atoms with Crippen molar-refractivity contribution >= 4 is 39.9 Å². The molecular weight excluding hydrogens is 325 g/mol. The average Bonchev–Trinajstić information content (AvgIpc) is 2.42. The van der Waals surface area contributed by atoms with E-state index in [1.54, 1.807) is 6.07 Å². The minimum atomic E-state index is -1.09. The van der Waals surface area contributed by atoms with Gasteiger partial charge in [0.2, 0.25) is 0 Å². The number of halogens is 2. The molecule has 0 amide bonds. The number of benzene rings is 1. The fourth-order valence-electron chi connectivity index (χ4n) is 5.05. The van der Waals surface area contributed by atoms with Gasteiger partial charge in [0.15, 0.2) is 0 Å². The summed E-state index contributed by atoms with van der Waals surface area (Å²) >= 11 is 12.3. The Morgan fingerprint density at radius 2 is 1.62 bits per heavy atom. The molecule has 114 valence electrons. The molecule has 4 fully saturated rings. The summed E-state index contributed by atoms with van der Waals surface area (Å²) in [5, 5.41) is 0.974. The van der Waals surface area contributed by atoms with Gasteiger partial charge in [-0.25, -0.2) is 4.21 Å². The van der Waals surface area contributed by atoms with Gasteiger partial charge in [-0.1, -0.05) is 29.3 Å². The molecular formula is C16H19Cl2NOS. The van der Waals surface area contributed by atoms with Crippen LogP contribution in [0.1, 0.15) is 38.5 Å². The van der Waals surface area contributed by atoms with Crippen LogP contribution in [0.4, 0.5) is 5.69 Å². The molecule has 0 radical (unpaired) electrons. The zero-order chi connectivity index (χ0) is 14.6. The SMILES string of the molecule is O=S(Nc1cccc(Cl)c1Cl)C12CC3CC(CC(C3)C1)C2. The normalized spacial score (nSPS) is 38.5. The second-order valence-corrected chi connectivity index (χ2v) is 9.47. The molecule has 0 aromatic heterocycles. The Morgan fingerprint density at radius 3 is 2.19 bits per heavy atom. The van der Waals surface area contributed by atoms with Gasteiger partial charge in [0.1, 0.15) is 11.0 Å². The number of hydrogen-bond acceptors (Lipinski definition) is 1. The molecule has 4 aliphatic carbocycles. The Morgan fingerprint density at radius 1 is 1.05 bits per heavy atom. The van der Waals surface area contributed by atoms with Crippen LogP contribution in [-0.2, 0) is 11.0 Å². The Balaban J connectivity index is 1.59. The van der Waals surface area contributed by atoms with Gasteiger partial charge < -0.3 is 4.72 Å². The van der Waals surface area contributed by atoms with Crippen LogP contribution in [0.3, 0.4) is 0 Å². The third-order valence-electron chi connectivity index (χ3n) is 5.53. The molecule has 1 N–H and O–H groups in total. The van der Waals surface area contributed by atoms with Crippen molar-refractivity contribution in [3.63, 3.8) is 0 Å². The molecule has 2 nitrogen and oxygen atoms in total. The molecule has 1 atom stereocenters. The van der Waals surface area contributed by atoms with Gasteiger partial charge in [0, 0.05) is 0 Å². The summed E-state index contributed by atoms with van der Waals surface area (Å²) in [6.45, 7) is 0. The van der Waals surface area contributed by atoms with Crippen molar-refractivity contribution in [1.29, 1.82) is 0 Å². The van der Waals surface area contributed by atoms with E-state index in [2.05, 4.69) is 4.72 Å². The molecule has 0 spiro atoms. The van der Waals surface area contributed by atoms with Crippen LogP contribution < -0.4 is 4.72 Å². The third kappa shape index (κ3) is 2.42. The van der Waals surface area contributed by atoms with E-state index in [-0.39, 0.29) is 4.75 Å². The van der Waals surface area contributed by atoms with Gasteiger partial charge in [0.05, 0.1) is 20.5 Å². The molecule has 4 aliphatic rings. The Kier molecular flexibility index (Phi) is 3.51. The smallest absolute Gasteiger partial charge is 0.123 e. The summed E-state index contributed by atoms with van der Waals surface area (Å²) in [5.74, 6) is 2.37. The van der Waals surface area contributed by atoms with Gasteiger partial charge in [-0.15, -0.1) is 0 Å². The van der Waals surface area contributed by atoms with E-state index in [1.165, 1.54) is 19.3 Å². The Hall–Kier alpha value is -0.250. The van der Waals surface area contributed by atoms with E-state index >= 15 is 0 Å². The summed E-state index contributed by atoms with van der Waals surface area (Å²) in [5.41, 5.74) is 0.693.